The lowest BCUT2D eigenvalue weighted by Crippen LogP contribution is -2.20. The molecule has 0 aliphatic carbocycles. The van der Waals surface area contributed by atoms with Gasteiger partial charge in [-0.1, -0.05) is 39.2 Å². The molecular weight excluding hydrogens is 184 g/mol. The van der Waals surface area contributed by atoms with Crippen molar-refractivity contribution in [3.63, 3.8) is 0 Å². The summed E-state index contributed by atoms with van der Waals surface area (Å²) in [4.78, 5) is 2.10. The predicted octanol–water partition coefficient (Wildman–Crippen LogP) is 2.66. The summed E-state index contributed by atoms with van der Waals surface area (Å²) in [5.41, 5.74) is 0.810. The molecule has 15 heavy (non-hydrogen) atoms. The molecule has 0 radical (unpaired) electrons. The van der Waals surface area contributed by atoms with Crippen LogP contribution in [0.3, 0.4) is 0 Å². The summed E-state index contributed by atoms with van der Waals surface area (Å²) >= 11 is 0. The van der Waals surface area contributed by atoms with Crippen LogP contribution in [0.5, 0.6) is 0 Å². The van der Waals surface area contributed by atoms with Gasteiger partial charge in [-0.3, -0.25) is 0 Å². The molecule has 2 nitrogen and oxygen atoms in total. The van der Waals surface area contributed by atoms with E-state index in [-0.39, 0.29) is 0 Å². The van der Waals surface area contributed by atoms with Gasteiger partial charge < -0.3 is 10.2 Å². The van der Waals surface area contributed by atoms with Gasteiger partial charge in [-0.05, 0) is 12.3 Å². The topological polar surface area (TPSA) is 15.3 Å². The van der Waals surface area contributed by atoms with E-state index in [0.29, 0.717) is 0 Å². The first kappa shape index (κ1) is 11.7. The molecule has 82 valence electrons. The van der Waals surface area contributed by atoms with Crippen molar-refractivity contribution in [1.29, 1.82) is 0 Å². The summed E-state index contributed by atoms with van der Waals surface area (Å²) in [5, 5.41) is 3.07. The zero-order chi connectivity index (χ0) is 11.3. The first-order valence-electron chi connectivity index (χ1n) is 5.62. The fourth-order valence-corrected chi connectivity index (χ4v) is 1.78. The molecule has 0 saturated heterocycles. The van der Waals surface area contributed by atoms with Gasteiger partial charge >= 0.3 is 0 Å². The van der Waals surface area contributed by atoms with E-state index in [4.69, 9.17) is 6.42 Å². The summed E-state index contributed by atoms with van der Waals surface area (Å²) in [6, 6.07) is 0. The molecule has 0 aromatic carbocycles. The quantitative estimate of drug-likeness (QED) is 0.693. The second kappa shape index (κ2) is 5.50. The molecule has 0 fully saturated rings. The van der Waals surface area contributed by atoms with E-state index >= 15 is 0 Å². The maximum Gasteiger partial charge on any atom is 0.107 e. The highest BCUT2D eigenvalue weighted by Gasteiger charge is 2.15. The fourth-order valence-electron chi connectivity index (χ4n) is 1.78. The van der Waals surface area contributed by atoms with Crippen LogP contribution in [0, 0.1) is 18.3 Å². The van der Waals surface area contributed by atoms with Crippen molar-refractivity contribution in [3.8, 4) is 12.3 Å². The molecule has 1 rings (SSSR count). The molecule has 0 spiro atoms. The molecule has 1 heterocycles. The van der Waals surface area contributed by atoms with E-state index in [1.807, 2.05) is 6.20 Å². The number of hydrogen-bond acceptors (Lipinski definition) is 2. The van der Waals surface area contributed by atoms with Gasteiger partial charge in [-0.15, -0.1) is 6.42 Å². The summed E-state index contributed by atoms with van der Waals surface area (Å²) < 4.78 is 0. The number of hydrogen-bond donors (Lipinski definition) is 1. The van der Waals surface area contributed by atoms with Crippen LogP contribution < -0.4 is 5.32 Å². The number of nitrogens with zero attached hydrogens (tertiary/aromatic N) is 1. The van der Waals surface area contributed by atoms with Crippen molar-refractivity contribution in [1.82, 2.24) is 10.2 Å². The predicted molar refractivity (Wildman–Crippen MR) is 64.6 cm³/mol. The number of allylic oxidation sites excluding steroid dienone is 1. The van der Waals surface area contributed by atoms with E-state index in [2.05, 4.69) is 36.6 Å². The average Bonchev–Trinajstić information content (AvgIpc) is 2.61. The molecule has 0 atom stereocenters. The van der Waals surface area contributed by atoms with Gasteiger partial charge in [0.25, 0.3) is 0 Å². The Balaban J connectivity index is 2.43. The molecule has 1 aliphatic heterocycles. The van der Waals surface area contributed by atoms with Gasteiger partial charge in [0.2, 0.25) is 0 Å². The van der Waals surface area contributed by atoms with E-state index in [1.54, 1.807) is 0 Å². The van der Waals surface area contributed by atoms with Crippen molar-refractivity contribution in [3.05, 3.63) is 24.3 Å². The Morgan fingerprint density at radius 3 is 2.67 bits per heavy atom. The summed E-state index contributed by atoms with van der Waals surface area (Å²) in [5.74, 6) is 4.29. The third-order valence-electron chi connectivity index (χ3n) is 3.00. The maximum absolute atomic E-state index is 5.32. The lowest BCUT2D eigenvalue weighted by molar-refractivity contribution is 0.371. The minimum atomic E-state index is 0.807. The molecular formula is C13H20N2. The lowest BCUT2D eigenvalue weighted by atomic mass is 9.99. The smallest absolute Gasteiger partial charge is 0.107 e. The normalized spacial score (nSPS) is 15.2. The Bertz CT molecular complexity index is 292. The minimum Gasteiger partial charge on any atom is -0.334 e. The van der Waals surface area contributed by atoms with E-state index in [0.717, 1.165) is 24.0 Å². The maximum atomic E-state index is 5.32. The molecule has 0 amide bonds. The van der Waals surface area contributed by atoms with Crippen LogP contribution in [0.4, 0.5) is 0 Å². The Hall–Kier alpha value is -1.36. The second-order valence-electron chi connectivity index (χ2n) is 3.92. The number of nitrogens with one attached hydrogen (secondary N) is 1. The van der Waals surface area contributed by atoms with Crippen molar-refractivity contribution < 1.29 is 0 Å². The molecule has 1 N–H and O–H groups in total. The van der Waals surface area contributed by atoms with Crippen molar-refractivity contribution in [2.45, 2.75) is 33.1 Å². The van der Waals surface area contributed by atoms with Crippen molar-refractivity contribution in [2.75, 3.05) is 6.54 Å². The van der Waals surface area contributed by atoms with E-state index in [9.17, 15) is 0 Å². The van der Waals surface area contributed by atoms with Gasteiger partial charge in [0.1, 0.15) is 11.5 Å². The molecule has 2 heteroatoms. The third kappa shape index (κ3) is 3.06. The average molecular weight is 204 g/mol. The van der Waals surface area contributed by atoms with Crippen LogP contribution in [0.1, 0.15) is 33.1 Å². The van der Waals surface area contributed by atoms with Gasteiger partial charge in [0.15, 0.2) is 0 Å². The van der Waals surface area contributed by atoms with E-state index < -0.39 is 0 Å². The number of terminal acetylenes is 1. The van der Waals surface area contributed by atoms with Gasteiger partial charge in [-0.2, -0.15) is 0 Å². The highest BCUT2D eigenvalue weighted by atomic mass is 15.3. The fraction of sp³-hybridized carbons (Fsp3) is 0.538. The minimum absolute atomic E-state index is 0.807. The Morgan fingerprint density at radius 1 is 1.53 bits per heavy atom. The molecule has 0 aromatic heterocycles. The van der Waals surface area contributed by atoms with E-state index in [1.165, 1.54) is 19.3 Å². The number of rotatable bonds is 5. The molecule has 0 unspecified atom stereocenters. The largest absolute Gasteiger partial charge is 0.334 e. The van der Waals surface area contributed by atoms with Gasteiger partial charge in [-0.25, -0.2) is 0 Å². The summed E-state index contributed by atoms with van der Waals surface area (Å²) in [6.07, 6.45) is 11.0. The van der Waals surface area contributed by atoms with Crippen LogP contribution in [-0.2, 0) is 0 Å². The van der Waals surface area contributed by atoms with Crippen LogP contribution in [0.15, 0.2) is 24.3 Å². The van der Waals surface area contributed by atoms with Gasteiger partial charge in [0, 0.05) is 12.7 Å². The van der Waals surface area contributed by atoms with Crippen LogP contribution >= 0.6 is 0 Å². The SMILES string of the molecule is C#CC1=CN(CCC(CC)CC)C(=C)N1. The monoisotopic (exact) mass is 204 g/mol. The molecule has 0 saturated carbocycles. The van der Waals surface area contributed by atoms with Crippen LogP contribution in [0.25, 0.3) is 0 Å². The first-order chi connectivity index (χ1) is 7.21. The van der Waals surface area contributed by atoms with Crippen molar-refractivity contribution >= 4 is 0 Å². The summed E-state index contributed by atoms with van der Waals surface area (Å²) in [7, 11) is 0. The lowest BCUT2D eigenvalue weighted by Gasteiger charge is -2.19. The molecule has 1 aliphatic rings. The second-order valence-corrected chi connectivity index (χ2v) is 3.92. The molecule has 0 bridgehead atoms. The molecule has 0 aromatic rings. The third-order valence-corrected chi connectivity index (χ3v) is 3.00. The van der Waals surface area contributed by atoms with Crippen LogP contribution in [0.2, 0.25) is 0 Å². The zero-order valence-corrected chi connectivity index (χ0v) is 9.71. The Labute approximate surface area is 93.0 Å². The van der Waals surface area contributed by atoms with Gasteiger partial charge in [0.05, 0.1) is 0 Å². The highest BCUT2D eigenvalue weighted by molar-refractivity contribution is 5.31. The van der Waals surface area contributed by atoms with Crippen LogP contribution in [-0.4, -0.2) is 11.4 Å². The first-order valence-corrected chi connectivity index (χ1v) is 5.62. The Morgan fingerprint density at radius 2 is 2.20 bits per heavy atom. The Kier molecular flexibility index (Phi) is 4.30. The highest BCUT2D eigenvalue weighted by Crippen LogP contribution is 2.17. The van der Waals surface area contributed by atoms with Crippen molar-refractivity contribution in [2.24, 2.45) is 5.92 Å². The summed E-state index contributed by atoms with van der Waals surface area (Å²) in [6.45, 7) is 9.42. The zero-order valence-electron chi connectivity index (χ0n) is 9.71. The standard InChI is InChI=1S/C13H20N2/c1-5-12(6-2)8-9-15-10-13(7-3)14-11(15)4/h3,10,12,14H,4-6,8-9H2,1-2H3.